The summed E-state index contributed by atoms with van der Waals surface area (Å²) in [6.07, 6.45) is 2.61. The van der Waals surface area contributed by atoms with E-state index in [1.807, 2.05) is 30.0 Å². The zero-order valence-corrected chi connectivity index (χ0v) is 9.96. The number of aliphatic imine (C=N–C) groups is 1. The maximum absolute atomic E-state index is 5.77. The molecule has 4 heteroatoms. The molecule has 2 heterocycles. The minimum absolute atomic E-state index is 0.825. The first-order valence-corrected chi connectivity index (χ1v) is 6.66. The zero-order chi connectivity index (χ0) is 11.0. The summed E-state index contributed by atoms with van der Waals surface area (Å²) in [5.74, 6) is 2.22. The van der Waals surface area contributed by atoms with Crippen LogP contribution < -0.4 is 5.73 Å². The highest BCUT2D eigenvalue weighted by molar-refractivity contribution is 8.00. The Labute approximate surface area is 99.7 Å². The normalized spacial score (nSPS) is 19.5. The predicted molar refractivity (Wildman–Crippen MR) is 69.5 cm³/mol. The molecule has 3 rings (SSSR count). The van der Waals surface area contributed by atoms with Crippen molar-refractivity contribution in [3.05, 3.63) is 18.2 Å². The van der Waals surface area contributed by atoms with Crippen LogP contribution in [0.4, 0.5) is 11.4 Å². The summed E-state index contributed by atoms with van der Waals surface area (Å²) < 4.78 is 0. The Balaban J connectivity index is 1.91. The SMILES string of the molecule is Nc1ccc2c(c1)SCC(N1CCCC1)=N2. The van der Waals surface area contributed by atoms with Gasteiger partial charge in [-0.3, -0.25) is 0 Å². The molecule has 0 radical (unpaired) electrons. The third kappa shape index (κ3) is 1.78. The second kappa shape index (κ2) is 4.01. The number of nitrogens with zero attached hydrogens (tertiary/aromatic N) is 2. The lowest BCUT2D eigenvalue weighted by Gasteiger charge is -2.23. The maximum Gasteiger partial charge on any atom is 0.115 e. The molecule has 0 unspecified atom stereocenters. The van der Waals surface area contributed by atoms with Gasteiger partial charge >= 0.3 is 0 Å². The quantitative estimate of drug-likeness (QED) is 0.700. The molecule has 1 fully saturated rings. The lowest BCUT2D eigenvalue weighted by molar-refractivity contribution is 0.517. The lowest BCUT2D eigenvalue weighted by Crippen LogP contribution is -2.30. The van der Waals surface area contributed by atoms with E-state index in [9.17, 15) is 0 Å². The minimum atomic E-state index is 0.825. The van der Waals surface area contributed by atoms with Gasteiger partial charge in [-0.15, -0.1) is 11.8 Å². The van der Waals surface area contributed by atoms with Gasteiger partial charge in [0.1, 0.15) is 5.84 Å². The highest BCUT2D eigenvalue weighted by Crippen LogP contribution is 2.36. The van der Waals surface area contributed by atoms with Crippen LogP contribution in [0.1, 0.15) is 12.8 Å². The number of nitrogens with two attached hydrogens (primary N) is 1. The number of anilines is 1. The van der Waals surface area contributed by atoms with E-state index in [2.05, 4.69) is 4.90 Å². The molecule has 2 aliphatic heterocycles. The first kappa shape index (κ1) is 10.0. The lowest BCUT2D eigenvalue weighted by atomic mass is 10.3. The molecule has 16 heavy (non-hydrogen) atoms. The van der Waals surface area contributed by atoms with Crippen molar-refractivity contribution in [1.82, 2.24) is 4.90 Å². The van der Waals surface area contributed by atoms with Crippen molar-refractivity contribution in [2.24, 2.45) is 4.99 Å². The second-order valence-electron chi connectivity index (χ2n) is 4.24. The Morgan fingerprint density at radius 3 is 2.88 bits per heavy atom. The van der Waals surface area contributed by atoms with E-state index in [1.54, 1.807) is 0 Å². The molecular formula is C12H15N3S. The molecule has 0 amide bonds. The Kier molecular flexibility index (Phi) is 2.52. The molecule has 0 spiro atoms. The number of hydrogen-bond donors (Lipinski definition) is 1. The molecule has 0 aliphatic carbocycles. The molecule has 0 aromatic heterocycles. The van der Waals surface area contributed by atoms with Gasteiger partial charge in [-0.05, 0) is 31.0 Å². The Hall–Kier alpha value is -1.16. The number of likely N-dealkylation sites (tertiary alicyclic amines) is 1. The molecule has 0 atom stereocenters. The monoisotopic (exact) mass is 233 g/mol. The summed E-state index contributed by atoms with van der Waals surface area (Å²) in [5, 5.41) is 0. The van der Waals surface area contributed by atoms with Gasteiger partial charge in [-0.1, -0.05) is 0 Å². The van der Waals surface area contributed by atoms with Gasteiger partial charge in [0, 0.05) is 23.7 Å². The topological polar surface area (TPSA) is 41.6 Å². The van der Waals surface area contributed by atoms with E-state index in [0.717, 1.165) is 17.1 Å². The van der Waals surface area contributed by atoms with Gasteiger partial charge in [0.15, 0.2) is 0 Å². The second-order valence-corrected chi connectivity index (χ2v) is 5.26. The van der Waals surface area contributed by atoms with Crippen molar-refractivity contribution < 1.29 is 0 Å². The molecule has 0 saturated carbocycles. The summed E-state index contributed by atoms with van der Waals surface area (Å²) in [6.45, 7) is 2.34. The van der Waals surface area contributed by atoms with Crippen molar-refractivity contribution in [1.29, 1.82) is 0 Å². The zero-order valence-electron chi connectivity index (χ0n) is 9.15. The average Bonchev–Trinajstić information content (AvgIpc) is 2.82. The highest BCUT2D eigenvalue weighted by atomic mass is 32.2. The van der Waals surface area contributed by atoms with Gasteiger partial charge in [-0.2, -0.15) is 0 Å². The molecule has 1 aromatic carbocycles. The van der Waals surface area contributed by atoms with Crippen LogP contribution in [0.5, 0.6) is 0 Å². The summed E-state index contributed by atoms with van der Waals surface area (Å²) in [5.41, 5.74) is 7.67. The van der Waals surface area contributed by atoms with Gasteiger partial charge in [0.2, 0.25) is 0 Å². The number of rotatable bonds is 0. The van der Waals surface area contributed by atoms with E-state index in [0.29, 0.717) is 0 Å². The van der Waals surface area contributed by atoms with Crippen molar-refractivity contribution in [3.63, 3.8) is 0 Å². The molecule has 0 bridgehead atoms. The van der Waals surface area contributed by atoms with Crippen LogP contribution in [-0.4, -0.2) is 29.6 Å². The standard InChI is InChI=1S/C12H15N3S/c13-9-3-4-10-11(7-9)16-8-12(14-10)15-5-1-2-6-15/h3-4,7H,1-2,5-6,8,13H2. The fourth-order valence-corrected chi connectivity index (χ4v) is 3.20. The van der Waals surface area contributed by atoms with Crippen molar-refractivity contribution in [2.75, 3.05) is 24.6 Å². The first-order chi connectivity index (χ1) is 7.83. The molecule has 2 N–H and O–H groups in total. The Morgan fingerprint density at radius 1 is 1.25 bits per heavy atom. The Morgan fingerprint density at radius 2 is 2.06 bits per heavy atom. The molecule has 2 aliphatic rings. The van der Waals surface area contributed by atoms with Gasteiger partial charge < -0.3 is 10.6 Å². The van der Waals surface area contributed by atoms with Crippen LogP contribution in [0, 0.1) is 0 Å². The Bertz CT molecular complexity index is 436. The van der Waals surface area contributed by atoms with E-state index in [1.165, 1.54) is 36.7 Å². The van der Waals surface area contributed by atoms with E-state index >= 15 is 0 Å². The van der Waals surface area contributed by atoms with Gasteiger partial charge in [0.25, 0.3) is 0 Å². The largest absolute Gasteiger partial charge is 0.399 e. The third-order valence-corrected chi connectivity index (χ3v) is 4.10. The van der Waals surface area contributed by atoms with Crippen molar-refractivity contribution >= 4 is 29.0 Å². The van der Waals surface area contributed by atoms with E-state index in [4.69, 9.17) is 10.7 Å². The third-order valence-electron chi connectivity index (χ3n) is 3.06. The van der Waals surface area contributed by atoms with Crippen LogP contribution in [0.3, 0.4) is 0 Å². The van der Waals surface area contributed by atoms with Crippen LogP contribution >= 0.6 is 11.8 Å². The average molecular weight is 233 g/mol. The maximum atomic E-state index is 5.77. The molecule has 1 aromatic rings. The van der Waals surface area contributed by atoms with Crippen molar-refractivity contribution in [3.8, 4) is 0 Å². The minimum Gasteiger partial charge on any atom is -0.399 e. The molecule has 1 saturated heterocycles. The number of amidine groups is 1. The smallest absolute Gasteiger partial charge is 0.115 e. The molecular weight excluding hydrogens is 218 g/mol. The molecule has 84 valence electrons. The number of benzene rings is 1. The van der Waals surface area contributed by atoms with Crippen LogP contribution in [0.2, 0.25) is 0 Å². The van der Waals surface area contributed by atoms with Gasteiger partial charge in [-0.25, -0.2) is 4.99 Å². The number of thioether (sulfide) groups is 1. The summed E-state index contributed by atoms with van der Waals surface area (Å²) >= 11 is 1.85. The summed E-state index contributed by atoms with van der Waals surface area (Å²) in [4.78, 5) is 8.35. The summed E-state index contributed by atoms with van der Waals surface area (Å²) in [7, 11) is 0. The fourth-order valence-electron chi connectivity index (χ4n) is 2.19. The van der Waals surface area contributed by atoms with Crippen molar-refractivity contribution in [2.45, 2.75) is 17.7 Å². The number of nitrogen functional groups attached to an aromatic ring is 1. The highest BCUT2D eigenvalue weighted by Gasteiger charge is 2.20. The first-order valence-electron chi connectivity index (χ1n) is 5.68. The number of hydrogen-bond acceptors (Lipinski definition) is 4. The molecule has 3 nitrogen and oxygen atoms in total. The van der Waals surface area contributed by atoms with Crippen LogP contribution in [-0.2, 0) is 0 Å². The van der Waals surface area contributed by atoms with Gasteiger partial charge in [0.05, 0.1) is 11.4 Å². The van der Waals surface area contributed by atoms with E-state index < -0.39 is 0 Å². The summed E-state index contributed by atoms with van der Waals surface area (Å²) in [6, 6.07) is 5.97. The predicted octanol–water partition coefficient (Wildman–Crippen LogP) is 2.50. The van der Waals surface area contributed by atoms with Crippen LogP contribution in [0.25, 0.3) is 0 Å². The fraction of sp³-hybridized carbons (Fsp3) is 0.417. The number of fused-ring (bicyclic) bond motifs is 1. The van der Waals surface area contributed by atoms with Crippen LogP contribution in [0.15, 0.2) is 28.1 Å². The van der Waals surface area contributed by atoms with E-state index in [-0.39, 0.29) is 0 Å².